The molecule has 2 atom stereocenters. The number of hydrogen-bond donors (Lipinski definition) is 2. The number of halogens is 1. The van der Waals surface area contributed by atoms with Crippen molar-refractivity contribution in [2.75, 3.05) is 0 Å². The third-order valence-corrected chi connectivity index (χ3v) is 3.92. The molecular weight excluding hydrogens is 252 g/mol. The maximum Gasteiger partial charge on any atom is 0.126 e. The molecule has 0 saturated carbocycles. The Kier molecular flexibility index (Phi) is 2.81. The summed E-state index contributed by atoms with van der Waals surface area (Å²) in [5, 5.41) is 9.14. The van der Waals surface area contributed by atoms with Crippen LogP contribution in [0.4, 0.5) is 0 Å². The molecule has 0 bridgehead atoms. The van der Waals surface area contributed by atoms with Gasteiger partial charge in [0, 0.05) is 28.2 Å². The zero-order chi connectivity index (χ0) is 11.8. The third kappa shape index (κ3) is 2.05. The fourth-order valence-corrected chi connectivity index (χ4v) is 2.90. The zero-order valence-corrected chi connectivity index (χ0v) is 10.8. The van der Waals surface area contributed by atoms with Crippen molar-refractivity contribution in [1.29, 1.82) is 0 Å². The van der Waals surface area contributed by atoms with Gasteiger partial charge in [-0.1, -0.05) is 29.9 Å². The summed E-state index contributed by atoms with van der Waals surface area (Å²) < 4.78 is 0. The Morgan fingerprint density at radius 2 is 2.12 bits per heavy atom. The predicted octanol–water partition coefficient (Wildman–Crippen LogP) is 2.41. The van der Waals surface area contributed by atoms with Gasteiger partial charge in [-0.2, -0.15) is 0 Å². The Balaban J connectivity index is 1.76. The lowest BCUT2D eigenvalue weighted by Crippen LogP contribution is -2.34. The minimum atomic E-state index is 0.104. The summed E-state index contributed by atoms with van der Waals surface area (Å²) >= 11 is 10.9. The first-order chi connectivity index (χ1) is 8.26. The Morgan fingerprint density at radius 1 is 1.29 bits per heavy atom. The summed E-state index contributed by atoms with van der Waals surface area (Å²) in [5.74, 6) is 0.524. The molecule has 1 aromatic rings. The van der Waals surface area contributed by atoms with Gasteiger partial charge in [-0.05, 0) is 36.1 Å². The van der Waals surface area contributed by atoms with E-state index in [1.54, 1.807) is 5.37 Å². The molecule has 1 aliphatic heterocycles. The van der Waals surface area contributed by atoms with Crippen LogP contribution in [-0.2, 0) is 12.8 Å². The van der Waals surface area contributed by atoms with Gasteiger partial charge in [0.05, 0.1) is 0 Å². The van der Waals surface area contributed by atoms with Gasteiger partial charge in [0.1, 0.15) is 6.17 Å². The molecular formula is C13H13ClN2S. The summed E-state index contributed by atoms with van der Waals surface area (Å²) in [4.78, 5) is 0. The normalized spacial score (nSPS) is 25.8. The quantitative estimate of drug-likeness (QED) is 0.803. The minimum absolute atomic E-state index is 0.104. The summed E-state index contributed by atoms with van der Waals surface area (Å²) in [7, 11) is 0. The van der Waals surface area contributed by atoms with E-state index < -0.39 is 0 Å². The highest BCUT2D eigenvalue weighted by Crippen LogP contribution is 2.32. The summed E-state index contributed by atoms with van der Waals surface area (Å²) in [6.07, 6.45) is 4.29. The molecule has 1 aromatic carbocycles. The maximum atomic E-state index is 6.02. The summed E-state index contributed by atoms with van der Waals surface area (Å²) in [6, 6.07) is 6.19. The van der Waals surface area contributed by atoms with Crippen molar-refractivity contribution in [2.24, 2.45) is 5.92 Å². The van der Waals surface area contributed by atoms with Crippen LogP contribution in [0.25, 0.3) is 0 Å². The molecule has 4 heteroatoms. The molecule has 88 valence electrons. The first-order valence-corrected chi connectivity index (χ1v) is 6.56. The van der Waals surface area contributed by atoms with Gasteiger partial charge in [-0.25, -0.2) is 0 Å². The van der Waals surface area contributed by atoms with E-state index in [0.29, 0.717) is 5.92 Å². The van der Waals surface area contributed by atoms with Crippen molar-refractivity contribution < 1.29 is 0 Å². The average molecular weight is 265 g/mol. The van der Waals surface area contributed by atoms with Crippen LogP contribution in [0, 0.1) is 5.92 Å². The zero-order valence-electron chi connectivity index (χ0n) is 9.24. The second-order valence-electron chi connectivity index (χ2n) is 4.54. The first kappa shape index (κ1) is 11.1. The molecule has 2 nitrogen and oxygen atoms in total. The van der Waals surface area contributed by atoms with Crippen molar-refractivity contribution in [2.45, 2.75) is 19.0 Å². The van der Waals surface area contributed by atoms with Gasteiger partial charge >= 0.3 is 0 Å². The molecule has 1 heterocycles. The van der Waals surface area contributed by atoms with Crippen LogP contribution in [-0.4, -0.2) is 11.5 Å². The Labute approximate surface area is 111 Å². The van der Waals surface area contributed by atoms with Crippen LogP contribution in [0.5, 0.6) is 0 Å². The molecule has 0 radical (unpaired) electrons. The molecule has 3 rings (SSSR count). The number of thiocarbonyl (C=S) groups is 1. The highest BCUT2D eigenvalue weighted by molar-refractivity contribution is 7.79. The predicted molar refractivity (Wildman–Crippen MR) is 74.1 cm³/mol. The number of fused-ring (bicyclic) bond motifs is 1. The Morgan fingerprint density at radius 3 is 2.88 bits per heavy atom. The van der Waals surface area contributed by atoms with E-state index >= 15 is 0 Å². The van der Waals surface area contributed by atoms with Crippen LogP contribution < -0.4 is 10.6 Å². The van der Waals surface area contributed by atoms with Crippen molar-refractivity contribution in [3.8, 4) is 0 Å². The average Bonchev–Trinajstić information content (AvgIpc) is 2.93. The van der Waals surface area contributed by atoms with Gasteiger partial charge in [-0.15, -0.1) is 0 Å². The number of hydrogen-bond acceptors (Lipinski definition) is 3. The van der Waals surface area contributed by atoms with E-state index in [1.165, 1.54) is 16.8 Å². The number of allylic oxidation sites excluding steroid dienone is 1. The molecule has 0 fully saturated rings. The number of benzene rings is 1. The van der Waals surface area contributed by atoms with E-state index in [2.05, 4.69) is 22.8 Å². The highest BCUT2D eigenvalue weighted by atomic mass is 35.5. The molecule has 2 aliphatic rings. The molecule has 1 aliphatic carbocycles. The SMILES string of the molecule is S=CC1NC=C(C2Cc3ccc(Cl)cc3C2)N1. The van der Waals surface area contributed by atoms with Crippen molar-refractivity contribution >= 4 is 29.2 Å². The van der Waals surface area contributed by atoms with Crippen molar-refractivity contribution in [1.82, 2.24) is 10.6 Å². The van der Waals surface area contributed by atoms with E-state index in [-0.39, 0.29) is 6.17 Å². The van der Waals surface area contributed by atoms with Gasteiger partial charge in [0.2, 0.25) is 0 Å². The molecule has 17 heavy (non-hydrogen) atoms. The number of nitrogens with one attached hydrogen (secondary N) is 2. The largest absolute Gasteiger partial charge is 0.366 e. The van der Waals surface area contributed by atoms with Gasteiger partial charge < -0.3 is 10.6 Å². The van der Waals surface area contributed by atoms with Gasteiger partial charge in [-0.3, -0.25) is 0 Å². The summed E-state index contributed by atoms with van der Waals surface area (Å²) in [5.41, 5.74) is 4.03. The summed E-state index contributed by atoms with van der Waals surface area (Å²) in [6.45, 7) is 0. The topological polar surface area (TPSA) is 24.1 Å². The molecule has 0 saturated heterocycles. The lowest BCUT2D eigenvalue weighted by molar-refractivity contribution is 0.592. The highest BCUT2D eigenvalue weighted by Gasteiger charge is 2.27. The molecule has 0 spiro atoms. The first-order valence-electron chi connectivity index (χ1n) is 5.71. The third-order valence-electron chi connectivity index (χ3n) is 3.42. The number of rotatable bonds is 2. The van der Waals surface area contributed by atoms with E-state index in [4.69, 9.17) is 23.8 Å². The van der Waals surface area contributed by atoms with Gasteiger partial charge in [0.15, 0.2) is 0 Å². The lowest BCUT2D eigenvalue weighted by Gasteiger charge is -2.13. The fraction of sp³-hybridized carbons (Fsp3) is 0.308. The standard InChI is InChI=1S/C13H13ClN2S/c14-11-2-1-8-3-10(4-9(8)5-11)12-6-15-13(7-17)16-12/h1-2,5-7,10,13,15-16H,3-4H2. The second kappa shape index (κ2) is 4.31. The minimum Gasteiger partial charge on any atom is -0.366 e. The molecule has 0 aromatic heterocycles. The Hall–Kier alpha value is -1.06. The molecule has 2 N–H and O–H groups in total. The van der Waals surface area contributed by atoms with Crippen LogP contribution in [0.15, 0.2) is 30.1 Å². The maximum absolute atomic E-state index is 6.02. The second-order valence-corrected chi connectivity index (χ2v) is 5.25. The van der Waals surface area contributed by atoms with Crippen LogP contribution in [0.2, 0.25) is 5.02 Å². The van der Waals surface area contributed by atoms with Crippen LogP contribution in [0.3, 0.4) is 0 Å². The smallest absolute Gasteiger partial charge is 0.126 e. The van der Waals surface area contributed by atoms with Crippen LogP contribution in [0.1, 0.15) is 11.1 Å². The van der Waals surface area contributed by atoms with E-state index in [0.717, 1.165) is 17.9 Å². The Bertz CT molecular complexity index is 498. The van der Waals surface area contributed by atoms with Crippen molar-refractivity contribution in [3.63, 3.8) is 0 Å². The molecule has 0 amide bonds. The monoisotopic (exact) mass is 264 g/mol. The van der Waals surface area contributed by atoms with E-state index in [9.17, 15) is 0 Å². The molecule has 2 unspecified atom stereocenters. The van der Waals surface area contributed by atoms with Gasteiger partial charge in [0.25, 0.3) is 0 Å². The fourth-order valence-electron chi connectivity index (χ4n) is 2.56. The van der Waals surface area contributed by atoms with Crippen molar-refractivity contribution in [3.05, 3.63) is 46.2 Å². The lowest BCUT2D eigenvalue weighted by atomic mass is 10.0. The van der Waals surface area contributed by atoms with E-state index in [1.807, 2.05) is 12.3 Å². The van der Waals surface area contributed by atoms with Crippen LogP contribution >= 0.6 is 23.8 Å².